The number of nitrogens with one attached hydrogen (secondary N) is 1. The van der Waals surface area contributed by atoms with Gasteiger partial charge in [0.2, 0.25) is 5.91 Å². The molecule has 0 aromatic carbocycles. The molecule has 1 amide bonds. The first-order valence-electron chi connectivity index (χ1n) is 8.00. The number of hydrogen-bond donors (Lipinski definition) is 1. The zero-order valence-electron chi connectivity index (χ0n) is 13.4. The first kappa shape index (κ1) is 17.4. The van der Waals surface area contributed by atoms with Gasteiger partial charge in [-0.3, -0.25) is 14.6 Å². The third-order valence-corrected chi connectivity index (χ3v) is 4.72. The second-order valence-corrected chi connectivity index (χ2v) is 6.71. The number of nitrogens with zero attached hydrogens (tertiary/aromatic N) is 2. The second kappa shape index (κ2) is 9.94. The molecule has 6 heteroatoms. The van der Waals surface area contributed by atoms with E-state index in [-0.39, 0.29) is 5.91 Å². The van der Waals surface area contributed by atoms with Crippen molar-refractivity contribution < 1.29 is 9.53 Å². The number of carbonyl (C=O) groups is 1. The summed E-state index contributed by atoms with van der Waals surface area (Å²) in [5.74, 6) is 0.128. The van der Waals surface area contributed by atoms with Gasteiger partial charge in [-0.2, -0.15) is 0 Å². The van der Waals surface area contributed by atoms with Crippen LogP contribution in [-0.4, -0.2) is 68.7 Å². The van der Waals surface area contributed by atoms with Gasteiger partial charge in [-0.25, -0.2) is 0 Å². The number of methoxy groups -OCH3 is 1. The van der Waals surface area contributed by atoms with Crippen LogP contribution in [0.25, 0.3) is 0 Å². The van der Waals surface area contributed by atoms with Gasteiger partial charge in [0.05, 0.1) is 6.54 Å². The van der Waals surface area contributed by atoms with E-state index in [1.807, 2.05) is 11.3 Å². The van der Waals surface area contributed by atoms with Crippen molar-refractivity contribution in [3.63, 3.8) is 0 Å². The highest BCUT2D eigenvalue weighted by molar-refractivity contribution is 7.09. The van der Waals surface area contributed by atoms with E-state index in [1.54, 1.807) is 7.11 Å². The quantitative estimate of drug-likeness (QED) is 0.734. The maximum absolute atomic E-state index is 11.9. The highest BCUT2D eigenvalue weighted by atomic mass is 32.1. The van der Waals surface area contributed by atoms with Gasteiger partial charge >= 0.3 is 0 Å². The number of carbonyl (C=O) groups excluding carboxylic acids is 1. The van der Waals surface area contributed by atoms with Crippen LogP contribution < -0.4 is 5.32 Å². The lowest BCUT2D eigenvalue weighted by atomic mass is 10.3. The summed E-state index contributed by atoms with van der Waals surface area (Å²) in [5.41, 5.74) is 0. The Balaban J connectivity index is 1.65. The molecule has 5 nitrogen and oxygen atoms in total. The van der Waals surface area contributed by atoms with Crippen molar-refractivity contribution in [1.82, 2.24) is 15.1 Å². The Labute approximate surface area is 137 Å². The smallest absolute Gasteiger partial charge is 0.234 e. The van der Waals surface area contributed by atoms with Crippen LogP contribution in [0.2, 0.25) is 0 Å². The van der Waals surface area contributed by atoms with Crippen LogP contribution in [0.4, 0.5) is 0 Å². The Kier molecular flexibility index (Phi) is 7.87. The van der Waals surface area contributed by atoms with Crippen molar-refractivity contribution >= 4 is 17.2 Å². The average molecular weight is 325 g/mol. The number of ether oxygens (including phenoxy) is 1. The summed E-state index contributed by atoms with van der Waals surface area (Å²) in [4.78, 5) is 18.1. The van der Waals surface area contributed by atoms with Crippen LogP contribution >= 0.6 is 11.3 Å². The topological polar surface area (TPSA) is 44.8 Å². The zero-order chi connectivity index (χ0) is 15.6. The van der Waals surface area contributed by atoms with Crippen LogP contribution in [0, 0.1) is 0 Å². The molecule has 1 aliphatic rings. The van der Waals surface area contributed by atoms with E-state index in [0.717, 1.165) is 45.6 Å². The average Bonchev–Trinajstić information content (AvgIpc) is 2.92. The van der Waals surface area contributed by atoms with Crippen LogP contribution in [0.1, 0.15) is 17.7 Å². The molecule has 0 unspecified atom stereocenters. The van der Waals surface area contributed by atoms with E-state index in [9.17, 15) is 4.79 Å². The van der Waals surface area contributed by atoms with E-state index >= 15 is 0 Å². The molecule has 0 atom stereocenters. The molecule has 0 spiro atoms. The molecular formula is C16H27N3O2S. The molecule has 1 N–H and O–H groups in total. The van der Waals surface area contributed by atoms with Crippen LogP contribution in [0.3, 0.4) is 0 Å². The van der Waals surface area contributed by atoms with E-state index < -0.39 is 0 Å². The van der Waals surface area contributed by atoms with Crippen molar-refractivity contribution in [2.75, 3.05) is 53.0 Å². The van der Waals surface area contributed by atoms with E-state index in [1.165, 1.54) is 4.88 Å². The minimum Gasteiger partial charge on any atom is -0.385 e. The third kappa shape index (κ3) is 6.44. The van der Waals surface area contributed by atoms with Gasteiger partial charge in [-0.1, -0.05) is 6.07 Å². The number of hydrogen-bond acceptors (Lipinski definition) is 5. The van der Waals surface area contributed by atoms with Crippen molar-refractivity contribution in [1.29, 1.82) is 0 Å². The minimum absolute atomic E-state index is 0.128. The van der Waals surface area contributed by atoms with Gasteiger partial charge in [-0.05, 0) is 37.4 Å². The van der Waals surface area contributed by atoms with E-state index in [2.05, 4.69) is 32.6 Å². The lowest BCUT2D eigenvalue weighted by Crippen LogP contribution is -2.39. The molecule has 22 heavy (non-hydrogen) atoms. The standard InChI is InChI=1S/C16H27N3O2S/c1-21-11-3-6-17-16(20)14-19-8-4-7-18(9-10-19)13-15-5-2-12-22-15/h2,5,12H,3-4,6-11,13-14H2,1H3,(H,17,20). The molecule has 0 bridgehead atoms. The lowest BCUT2D eigenvalue weighted by molar-refractivity contribution is -0.122. The summed E-state index contributed by atoms with van der Waals surface area (Å²) in [6, 6.07) is 4.30. The second-order valence-electron chi connectivity index (χ2n) is 5.68. The summed E-state index contributed by atoms with van der Waals surface area (Å²) in [6.07, 6.45) is 2.00. The number of thiophene rings is 1. The molecule has 1 aliphatic heterocycles. The first-order chi connectivity index (χ1) is 10.8. The van der Waals surface area contributed by atoms with Gasteiger partial charge < -0.3 is 10.1 Å². The van der Waals surface area contributed by atoms with E-state index in [0.29, 0.717) is 19.7 Å². The monoisotopic (exact) mass is 325 g/mol. The van der Waals surface area contributed by atoms with Gasteiger partial charge in [0.25, 0.3) is 0 Å². The molecule has 2 rings (SSSR count). The maximum atomic E-state index is 11.9. The Morgan fingerprint density at radius 2 is 2.14 bits per heavy atom. The molecule has 2 heterocycles. The maximum Gasteiger partial charge on any atom is 0.234 e. The molecule has 0 saturated carbocycles. The van der Waals surface area contributed by atoms with Gasteiger partial charge in [0.15, 0.2) is 0 Å². The summed E-state index contributed by atoms with van der Waals surface area (Å²) < 4.78 is 4.98. The zero-order valence-corrected chi connectivity index (χ0v) is 14.2. The Morgan fingerprint density at radius 1 is 1.32 bits per heavy atom. The van der Waals surface area contributed by atoms with E-state index in [4.69, 9.17) is 4.74 Å². The number of rotatable bonds is 8. The fourth-order valence-corrected chi connectivity index (χ4v) is 3.41. The SMILES string of the molecule is COCCCNC(=O)CN1CCCN(Cc2cccs2)CC1. The molecule has 0 aliphatic carbocycles. The molecular weight excluding hydrogens is 298 g/mol. The first-order valence-corrected chi connectivity index (χ1v) is 8.88. The van der Waals surface area contributed by atoms with Crippen LogP contribution in [-0.2, 0) is 16.1 Å². The molecule has 1 saturated heterocycles. The lowest BCUT2D eigenvalue weighted by Gasteiger charge is -2.21. The van der Waals surface area contributed by atoms with Crippen molar-refractivity contribution in [2.24, 2.45) is 0 Å². The molecule has 124 valence electrons. The Bertz CT molecular complexity index is 425. The van der Waals surface area contributed by atoms with Crippen LogP contribution in [0.15, 0.2) is 17.5 Å². The normalized spacial score (nSPS) is 17.3. The van der Waals surface area contributed by atoms with Crippen molar-refractivity contribution in [2.45, 2.75) is 19.4 Å². The summed E-state index contributed by atoms with van der Waals surface area (Å²) in [7, 11) is 1.68. The minimum atomic E-state index is 0.128. The predicted octanol–water partition coefficient (Wildman–Crippen LogP) is 1.41. The molecule has 1 aromatic heterocycles. The van der Waals surface area contributed by atoms with Crippen LogP contribution in [0.5, 0.6) is 0 Å². The predicted molar refractivity (Wildman–Crippen MR) is 90.2 cm³/mol. The third-order valence-electron chi connectivity index (χ3n) is 3.86. The van der Waals surface area contributed by atoms with Gasteiger partial charge in [-0.15, -0.1) is 11.3 Å². The van der Waals surface area contributed by atoms with Gasteiger partial charge in [0, 0.05) is 44.8 Å². The van der Waals surface area contributed by atoms with Crippen molar-refractivity contribution in [3.05, 3.63) is 22.4 Å². The van der Waals surface area contributed by atoms with Crippen molar-refractivity contribution in [3.8, 4) is 0 Å². The van der Waals surface area contributed by atoms with Gasteiger partial charge in [0.1, 0.15) is 0 Å². The fourth-order valence-electron chi connectivity index (χ4n) is 2.67. The Hall–Kier alpha value is -0.950. The number of amides is 1. The summed E-state index contributed by atoms with van der Waals surface area (Å²) in [6.45, 7) is 7.07. The fraction of sp³-hybridized carbons (Fsp3) is 0.688. The summed E-state index contributed by atoms with van der Waals surface area (Å²) >= 11 is 1.82. The highest BCUT2D eigenvalue weighted by Crippen LogP contribution is 2.13. The molecule has 1 aromatic rings. The molecule has 0 radical (unpaired) electrons. The largest absolute Gasteiger partial charge is 0.385 e. The molecule has 1 fully saturated rings. The Morgan fingerprint density at radius 3 is 2.91 bits per heavy atom. The summed E-state index contributed by atoms with van der Waals surface area (Å²) in [5, 5.41) is 5.09. The highest BCUT2D eigenvalue weighted by Gasteiger charge is 2.17.